The Morgan fingerprint density at radius 2 is 2.29 bits per heavy atom. The summed E-state index contributed by atoms with van der Waals surface area (Å²) in [6.45, 7) is 1.71. The lowest BCUT2D eigenvalue weighted by molar-refractivity contribution is 0.194. The fraction of sp³-hybridized carbons (Fsp3) is 0.300. The maximum Gasteiger partial charge on any atom is 0.150 e. The molecule has 4 nitrogen and oxygen atoms in total. The van der Waals surface area contributed by atoms with E-state index in [-0.39, 0.29) is 0 Å². The van der Waals surface area contributed by atoms with Crippen molar-refractivity contribution in [2.75, 3.05) is 7.11 Å². The summed E-state index contributed by atoms with van der Waals surface area (Å²) in [5, 5.41) is 13.6. The lowest BCUT2D eigenvalue weighted by Crippen LogP contribution is -1.99. The van der Waals surface area contributed by atoms with Gasteiger partial charge >= 0.3 is 0 Å². The number of rotatable bonds is 2. The molecule has 0 aliphatic carbocycles. The molecule has 2 rings (SSSR count). The highest BCUT2D eigenvalue weighted by atomic mass is 16.5. The number of pyridine rings is 1. The molecule has 14 heavy (non-hydrogen) atoms. The van der Waals surface area contributed by atoms with Gasteiger partial charge in [-0.25, -0.2) is 4.52 Å². The van der Waals surface area contributed by atoms with Crippen LogP contribution in [0.3, 0.4) is 0 Å². The molecule has 1 unspecified atom stereocenters. The van der Waals surface area contributed by atoms with Gasteiger partial charge in [0.05, 0.1) is 19.4 Å². The Labute approximate surface area is 81.7 Å². The van der Waals surface area contributed by atoms with Crippen LogP contribution in [0.5, 0.6) is 5.75 Å². The summed E-state index contributed by atoms with van der Waals surface area (Å²) >= 11 is 0. The largest absolute Gasteiger partial charge is 0.494 e. The molecule has 0 spiro atoms. The maximum atomic E-state index is 9.52. The van der Waals surface area contributed by atoms with Crippen LogP contribution in [-0.4, -0.2) is 21.8 Å². The molecule has 1 atom stereocenters. The predicted octanol–water partition coefficient (Wildman–Crippen LogP) is 1.40. The normalized spacial score (nSPS) is 13.1. The molecule has 0 saturated carbocycles. The molecule has 0 aromatic carbocycles. The highest BCUT2D eigenvalue weighted by molar-refractivity contribution is 5.62. The molecule has 74 valence electrons. The number of aliphatic hydroxyl groups excluding tert-OH is 1. The average Bonchev–Trinajstić information content (AvgIpc) is 2.63. The van der Waals surface area contributed by atoms with Gasteiger partial charge in [0.25, 0.3) is 0 Å². The fourth-order valence-corrected chi connectivity index (χ4v) is 1.54. The van der Waals surface area contributed by atoms with E-state index in [1.165, 1.54) is 0 Å². The van der Waals surface area contributed by atoms with Crippen molar-refractivity contribution in [2.24, 2.45) is 0 Å². The molecule has 4 heteroatoms. The Kier molecular flexibility index (Phi) is 2.13. The van der Waals surface area contributed by atoms with Crippen LogP contribution in [0.25, 0.3) is 5.52 Å². The number of methoxy groups -OCH3 is 1. The van der Waals surface area contributed by atoms with E-state index in [1.807, 2.05) is 12.1 Å². The molecule has 0 amide bonds. The molecule has 0 bridgehead atoms. The molecule has 2 aromatic rings. The second kappa shape index (κ2) is 3.31. The van der Waals surface area contributed by atoms with Crippen molar-refractivity contribution in [1.82, 2.24) is 9.61 Å². The zero-order chi connectivity index (χ0) is 10.1. The van der Waals surface area contributed by atoms with E-state index in [1.54, 1.807) is 30.9 Å². The second-order valence-corrected chi connectivity index (χ2v) is 3.14. The van der Waals surface area contributed by atoms with Gasteiger partial charge in [0.15, 0.2) is 0 Å². The number of aromatic nitrogens is 2. The lowest BCUT2D eigenvalue weighted by Gasteiger charge is -2.11. The van der Waals surface area contributed by atoms with Gasteiger partial charge < -0.3 is 9.84 Å². The van der Waals surface area contributed by atoms with Crippen LogP contribution in [0.15, 0.2) is 24.5 Å². The first-order valence-electron chi connectivity index (χ1n) is 4.42. The van der Waals surface area contributed by atoms with E-state index in [4.69, 9.17) is 4.74 Å². The molecule has 0 radical (unpaired) electrons. The molecular weight excluding hydrogens is 180 g/mol. The van der Waals surface area contributed by atoms with Crippen LogP contribution in [0.4, 0.5) is 0 Å². The first-order chi connectivity index (χ1) is 6.74. The predicted molar refractivity (Wildman–Crippen MR) is 52.4 cm³/mol. The van der Waals surface area contributed by atoms with Crippen LogP contribution in [0, 0.1) is 0 Å². The molecule has 2 heterocycles. The third-order valence-corrected chi connectivity index (χ3v) is 2.21. The van der Waals surface area contributed by atoms with E-state index >= 15 is 0 Å². The number of nitrogens with zero attached hydrogens (tertiary/aromatic N) is 2. The van der Waals surface area contributed by atoms with E-state index in [0.717, 1.165) is 11.1 Å². The number of hydrogen-bond acceptors (Lipinski definition) is 3. The first kappa shape index (κ1) is 9.02. The van der Waals surface area contributed by atoms with Crippen molar-refractivity contribution < 1.29 is 9.84 Å². The van der Waals surface area contributed by atoms with E-state index in [9.17, 15) is 5.11 Å². The Morgan fingerprint density at radius 1 is 1.50 bits per heavy atom. The summed E-state index contributed by atoms with van der Waals surface area (Å²) in [5.41, 5.74) is 1.64. The highest BCUT2D eigenvalue weighted by Gasteiger charge is 2.12. The lowest BCUT2D eigenvalue weighted by atomic mass is 10.1. The molecule has 2 aromatic heterocycles. The van der Waals surface area contributed by atoms with Crippen molar-refractivity contribution in [3.8, 4) is 5.75 Å². The Morgan fingerprint density at radius 3 is 2.93 bits per heavy atom. The maximum absolute atomic E-state index is 9.52. The van der Waals surface area contributed by atoms with Gasteiger partial charge in [0.1, 0.15) is 11.3 Å². The highest BCUT2D eigenvalue weighted by Crippen LogP contribution is 2.28. The number of hydrogen-bond donors (Lipinski definition) is 1. The SMILES string of the molecule is COc1c(C(C)O)ccn2nccc12. The number of aliphatic hydroxyl groups is 1. The fourth-order valence-electron chi connectivity index (χ4n) is 1.54. The van der Waals surface area contributed by atoms with Gasteiger partial charge in [-0.3, -0.25) is 0 Å². The third-order valence-electron chi connectivity index (χ3n) is 2.21. The van der Waals surface area contributed by atoms with Crippen LogP contribution in [0.2, 0.25) is 0 Å². The Hall–Kier alpha value is -1.55. The summed E-state index contributed by atoms with van der Waals surface area (Å²) in [4.78, 5) is 0. The third kappa shape index (κ3) is 1.24. The van der Waals surface area contributed by atoms with Crippen molar-refractivity contribution in [3.05, 3.63) is 30.1 Å². The van der Waals surface area contributed by atoms with Crippen LogP contribution in [0.1, 0.15) is 18.6 Å². The van der Waals surface area contributed by atoms with Gasteiger partial charge in [0.2, 0.25) is 0 Å². The molecule has 1 N–H and O–H groups in total. The van der Waals surface area contributed by atoms with E-state index in [0.29, 0.717) is 5.75 Å². The molecule has 0 aliphatic rings. The van der Waals surface area contributed by atoms with Gasteiger partial charge in [-0.05, 0) is 19.1 Å². The smallest absolute Gasteiger partial charge is 0.150 e. The van der Waals surface area contributed by atoms with Crippen molar-refractivity contribution in [2.45, 2.75) is 13.0 Å². The van der Waals surface area contributed by atoms with Gasteiger partial charge in [-0.2, -0.15) is 5.10 Å². The summed E-state index contributed by atoms with van der Waals surface area (Å²) in [5.74, 6) is 0.681. The first-order valence-corrected chi connectivity index (χ1v) is 4.42. The summed E-state index contributed by atoms with van der Waals surface area (Å²) < 4.78 is 6.97. The van der Waals surface area contributed by atoms with Crippen molar-refractivity contribution >= 4 is 5.52 Å². The topological polar surface area (TPSA) is 46.8 Å². The minimum absolute atomic E-state index is 0.537. The minimum Gasteiger partial charge on any atom is -0.494 e. The van der Waals surface area contributed by atoms with Crippen LogP contribution >= 0.6 is 0 Å². The van der Waals surface area contributed by atoms with Crippen molar-refractivity contribution in [3.63, 3.8) is 0 Å². The molecule has 0 aliphatic heterocycles. The molecular formula is C10H12N2O2. The quantitative estimate of drug-likeness (QED) is 0.782. The number of ether oxygens (including phenoxy) is 1. The van der Waals surface area contributed by atoms with E-state index in [2.05, 4.69) is 5.10 Å². The van der Waals surface area contributed by atoms with Crippen LogP contribution in [-0.2, 0) is 0 Å². The standard InChI is InChI=1S/C10H12N2O2/c1-7(13)8-4-6-12-9(3-5-11-12)10(8)14-2/h3-7,13H,1-2H3. The van der Waals surface area contributed by atoms with Gasteiger partial charge in [-0.15, -0.1) is 0 Å². The summed E-state index contributed by atoms with van der Waals surface area (Å²) in [6.07, 6.45) is 2.97. The summed E-state index contributed by atoms with van der Waals surface area (Å²) in [7, 11) is 1.59. The summed E-state index contributed by atoms with van der Waals surface area (Å²) in [6, 6.07) is 3.66. The monoisotopic (exact) mass is 192 g/mol. The van der Waals surface area contributed by atoms with Crippen LogP contribution < -0.4 is 4.74 Å². The average molecular weight is 192 g/mol. The van der Waals surface area contributed by atoms with Gasteiger partial charge in [0, 0.05) is 11.8 Å². The Balaban J connectivity index is 2.72. The number of fused-ring (bicyclic) bond motifs is 1. The zero-order valence-electron chi connectivity index (χ0n) is 8.14. The minimum atomic E-state index is -0.537. The van der Waals surface area contributed by atoms with E-state index < -0.39 is 6.10 Å². The second-order valence-electron chi connectivity index (χ2n) is 3.14. The van der Waals surface area contributed by atoms with Crippen molar-refractivity contribution in [1.29, 1.82) is 0 Å². The van der Waals surface area contributed by atoms with Gasteiger partial charge in [-0.1, -0.05) is 0 Å². The Bertz CT molecular complexity index is 448. The molecule has 0 fully saturated rings. The molecule has 0 saturated heterocycles. The zero-order valence-corrected chi connectivity index (χ0v) is 8.14.